The molecule has 0 aliphatic carbocycles. The molecule has 0 bridgehead atoms. The molecule has 0 saturated heterocycles. The first-order chi connectivity index (χ1) is 10.5. The van der Waals surface area contributed by atoms with Crippen molar-refractivity contribution in [3.63, 3.8) is 0 Å². The highest BCUT2D eigenvalue weighted by molar-refractivity contribution is 5.80. The van der Waals surface area contributed by atoms with E-state index in [1.165, 1.54) is 0 Å². The molecule has 0 aromatic heterocycles. The monoisotopic (exact) mass is 302 g/mol. The summed E-state index contributed by atoms with van der Waals surface area (Å²) in [6, 6.07) is 9.92. The zero-order chi connectivity index (χ0) is 16.4. The maximum atomic E-state index is 12.6. The van der Waals surface area contributed by atoms with Crippen molar-refractivity contribution in [3.05, 3.63) is 60.2 Å². The van der Waals surface area contributed by atoms with E-state index in [1.807, 2.05) is 50.3 Å². The predicted octanol–water partition coefficient (Wildman–Crippen LogP) is 3.68. The van der Waals surface area contributed by atoms with Crippen molar-refractivity contribution in [2.24, 2.45) is 5.41 Å². The maximum Gasteiger partial charge on any atom is 0.316 e. The molecule has 0 aliphatic rings. The number of allylic oxidation sites excluding steroid dienone is 2. The minimum Gasteiger partial charge on any atom is -0.465 e. The van der Waals surface area contributed by atoms with Gasteiger partial charge in [0.25, 0.3) is 0 Å². The molecule has 1 unspecified atom stereocenters. The molecule has 120 valence electrons. The van der Waals surface area contributed by atoms with Crippen LogP contribution in [0.15, 0.2) is 54.6 Å². The summed E-state index contributed by atoms with van der Waals surface area (Å²) in [4.78, 5) is 12.6. The van der Waals surface area contributed by atoms with E-state index in [-0.39, 0.29) is 12.6 Å². The average Bonchev–Trinajstić information content (AvgIpc) is 2.52. The van der Waals surface area contributed by atoms with Crippen LogP contribution in [0.5, 0.6) is 0 Å². The number of aliphatic hydroxyl groups excluding tert-OH is 1. The van der Waals surface area contributed by atoms with Crippen molar-refractivity contribution in [1.82, 2.24) is 0 Å². The Balaban J connectivity index is 2.89. The Morgan fingerprint density at radius 3 is 2.59 bits per heavy atom. The highest BCUT2D eigenvalue weighted by atomic mass is 16.5. The van der Waals surface area contributed by atoms with Crippen LogP contribution in [0.3, 0.4) is 0 Å². The van der Waals surface area contributed by atoms with Gasteiger partial charge >= 0.3 is 5.97 Å². The fourth-order valence-electron chi connectivity index (χ4n) is 2.28. The van der Waals surface area contributed by atoms with Crippen LogP contribution in [0, 0.1) is 5.41 Å². The number of hydrogen-bond acceptors (Lipinski definition) is 3. The second-order valence-corrected chi connectivity index (χ2v) is 5.65. The summed E-state index contributed by atoms with van der Waals surface area (Å²) in [5.74, 6) is -0.232. The van der Waals surface area contributed by atoms with Gasteiger partial charge in [0.05, 0.1) is 12.0 Å². The Labute approximate surface area is 133 Å². The lowest BCUT2D eigenvalue weighted by molar-refractivity contribution is -0.152. The average molecular weight is 302 g/mol. The van der Waals surface area contributed by atoms with Crippen molar-refractivity contribution < 1.29 is 14.6 Å². The van der Waals surface area contributed by atoms with E-state index < -0.39 is 5.41 Å². The lowest BCUT2D eigenvalue weighted by atomic mass is 9.77. The second-order valence-electron chi connectivity index (χ2n) is 5.65. The Morgan fingerprint density at radius 1 is 1.32 bits per heavy atom. The smallest absolute Gasteiger partial charge is 0.316 e. The number of hydrogen-bond donors (Lipinski definition) is 1. The van der Waals surface area contributed by atoms with Crippen LogP contribution in [-0.4, -0.2) is 24.3 Å². The van der Waals surface area contributed by atoms with E-state index >= 15 is 0 Å². The summed E-state index contributed by atoms with van der Waals surface area (Å²) in [5, 5.41) is 8.78. The molecule has 3 nitrogen and oxygen atoms in total. The molecule has 3 heteroatoms. The number of unbranched alkanes of at least 4 members (excludes halogenated alkanes) is 1. The molecule has 0 fully saturated rings. The molecule has 0 radical (unpaired) electrons. The van der Waals surface area contributed by atoms with Gasteiger partial charge in [0, 0.05) is 6.61 Å². The van der Waals surface area contributed by atoms with Crippen molar-refractivity contribution >= 4 is 5.97 Å². The van der Waals surface area contributed by atoms with Crippen molar-refractivity contribution in [3.8, 4) is 0 Å². The van der Waals surface area contributed by atoms with Gasteiger partial charge in [-0.2, -0.15) is 0 Å². The molecule has 0 saturated carbocycles. The van der Waals surface area contributed by atoms with E-state index in [2.05, 4.69) is 6.58 Å². The normalized spacial score (nSPS) is 14.2. The Hall–Kier alpha value is -1.87. The summed E-state index contributed by atoms with van der Waals surface area (Å²) in [6.07, 6.45) is 5.45. The van der Waals surface area contributed by atoms with E-state index in [4.69, 9.17) is 9.84 Å². The van der Waals surface area contributed by atoms with Crippen LogP contribution in [0.1, 0.15) is 32.3 Å². The van der Waals surface area contributed by atoms with Gasteiger partial charge in [0.1, 0.15) is 0 Å². The minimum atomic E-state index is -0.714. The predicted molar refractivity (Wildman–Crippen MR) is 89.5 cm³/mol. The first-order valence-electron chi connectivity index (χ1n) is 7.66. The second kappa shape index (κ2) is 9.21. The molecule has 0 aliphatic heterocycles. The van der Waals surface area contributed by atoms with Crippen molar-refractivity contribution in [1.29, 1.82) is 0 Å². The summed E-state index contributed by atoms with van der Waals surface area (Å²) < 4.78 is 5.42. The number of carbonyl (C=O) groups is 1. The molecule has 22 heavy (non-hydrogen) atoms. The Kier molecular flexibility index (Phi) is 7.61. The van der Waals surface area contributed by atoms with Crippen LogP contribution in [-0.2, 0) is 16.0 Å². The summed E-state index contributed by atoms with van der Waals surface area (Å²) in [5.41, 5.74) is 1.31. The Morgan fingerprint density at radius 2 is 2.00 bits per heavy atom. The highest BCUT2D eigenvalue weighted by Gasteiger charge is 2.36. The number of esters is 1. The van der Waals surface area contributed by atoms with Crippen molar-refractivity contribution in [2.75, 3.05) is 13.2 Å². The highest BCUT2D eigenvalue weighted by Crippen LogP contribution is 2.33. The third-order valence-corrected chi connectivity index (χ3v) is 3.87. The van der Waals surface area contributed by atoms with Gasteiger partial charge < -0.3 is 9.84 Å². The van der Waals surface area contributed by atoms with Crippen LogP contribution < -0.4 is 0 Å². The van der Waals surface area contributed by atoms with E-state index in [0.29, 0.717) is 25.9 Å². The van der Waals surface area contributed by atoms with Crippen LogP contribution in [0.2, 0.25) is 0 Å². The fraction of sp³-hybridized carbons (Fsp3) is 0.421. The van der Waals surface area contributed by atoms with Crippen LogP contribution in [0.4, 0.5) is 0 Å². The van der Waals surface area contributed by atoms with Crippen LogP contribution in [0.25, 0.3) is 0 Å². The fourth-order valence-corrected chi connectivity index (χ4v) is 2.28. The van der Waals surface area contributed by atoms with Gasteiger partial charge in [-0.1, -0.05) is 54.6 Å². The Bertz CT molecular complexity index is 505. The number of benzene rings is 1. The number of aliphatic hydroxyl groups is 1. The lowest BCUT2D eigenvalue weighted by Gasteiger charge is -2.28. The minimum absolute atomic E-state index is 0.119. The number of carbonyl (C=O) groups excluding carboxylic acids is 1. The van der Waals surface area contributed by atoms with Gasteiger partial charge in [-0.05, 0) is 38.7 Å². The molecule has 1 N–H and O–H groups in total. The van der Waals surface area contributed by atoms with Gasteiger partial charge in [0.15, 0.2) is 0 Å². The lowest BCUT2D eigenvalue weighted by Crippen LogP contribution is -2.33. The zero-order valence-electron chi connectivity index (χ0n) is 13.5. The third-order valence-electron chi connectivity index (χ3n) is 3.87. The SMILES string of the molecule is C=CC=C(C)C(C)(Cc1ccccc1)C(=O)OCCCCO. The molecule has 0 heterocycles. The largest absolute Gasteiger partial charge is 0.465 e. The number of rotatable bonds is 9. The summed E-state index contributed by atoms with van der Waals surface area (Å²) in [7, 11) is 0. The van der Waals surface area contributed by atoms with Gasteiger partial charge in [-0.15, -0.1) is 0 Å². The molecule has 0 amide bonds. The summed E-state index contributed by atoms with van der Waals surface area (Å²) >= 11 is 0. The van der Waals surface area contributed by atoms with E-state index in [0.717, 1.165) is 11.1 Å². The molecule has 0 spiro atoms. The first-order valence-corrected chi connectivity index (χ1v) is 7.66. The standard InChI is InChI=1S/C19H26O3/c1-4-10-16(2)19(3,15-17-11-6-5-7-12-17)18(21)22-14-9-8-13-20/h4-7,10-12,20H,1,8-9,13-15H2,2-3H3. The topological polar surface area (TPSA) is 46.5 Å². The molecule has 1 rings (SSSR count). The van der Waals surface area contributed by atoms with Gasteiger partial charge in [-0.25, -0.2) is 0 Å². The third kappa shape index (κ3) is 5.15. The molecule has 1 aromatic rings. The van der Waals surface area contributed by atoms with E-state index in [9.17, 15) is 4.79 Å². The molecule has 1 atom stereocenters. The van der Waals surface area contributed by atoms with Gasteiger partial charge in [-0.3, -0.25) is 4.79 Å². The molecule has 1 aromatic carbocycles. The summed E-state index contributed by atoms with van der Waals surface area (Å²) in [6.45, 7) is 8.01. The molecular weight excluding hydrogens is 276 g/mol. The van der Waals surface area contributed by atoms with Gasteiger partial charge in [0.2, 0.25) is 0 Å². The first kappa shape index (κ1) is 18.2. The molecular formula is C19H26O3. The zero-order valence-corrected chi connectivity index (χ0v) is 13.5. The number of ether oxygens (including phenoxy) is 1. The van der Waals surface area contributed by atoms with E-state index in [1.54, 1.807) is 6.08 Å². The quantitative estimate of drug-likeness (QED) is 0.430. The van der Waals surface area contributed by atoms with Crippen molar-refractivity contribution in [2.45, 2.75) is 33.1 Å². The van der Waals surface area contributed by atoms with Crippen LogP contribution >= 0.6 is 0 Å². The maximum absolute atomic E-state index is 12.6.